The molecule has 0 aliphatic carbocycles. The molecule has 33 heavy (non-hydrogen) atoms. The summed E-state index contributed by atoms with van der Waals surface area (Å²) >= 11 is 0. The molecule has 1 aromatic carbocycles. The molecule has 1 atom stereocenters. The fourth-order valence-electron chi connectivity index (χ4n) is 4.48. The van der Waals surface area contributed by atoms with Gasteiger partial charge in [-0.2, -0.15) is 0 Å². The van der Waals surface area contributed by atoms with Crippen molar-refractivity contribution in [3.8, 4) is 0 Å². The molecule has 1 amide bonds. The maximum absolute atomic E-state index is 13.5. The fraction of sp³-hybridized carbons (Fsp3) is 0.320. The largest absolute Gasteiger partial charge is 0.503 e. The Labute approximate surface area is 191 Å². The van der Waals surface area contributed by atoms with Gasteiger partial charge in [0, 0.05) is 37.8 Å². The van der Waals surface area contributed by atoms with Gasteiger partial charge >= 0.3 is 0 Å². The zero-order chi connectivity index (χ0) is 22.8. The third-order valence-corrected chi connectivity index (χ3v) is 6.14. The van der Waals surface area contributed by atoms with Gasteiger partial charge < -0.3 is 19.2 Å². The minimum atomic E-state index is -0.774. The van der Waals surface area contributed by atoms with Crippen LogP contribution in [0.4, 0.5) is 0 Å². The molecule has 1 saturated heterocycles. The van der Waals surface area contributed by atoms with Gasteiger partial charge in [0.05, 0.1) is 24.5 Å². The second-order valence-electron chi connectivity index (χ2n) is 8.20. The number of rotatable bonds is 7. The fourth-order valence-corrected chi connectivity index (χ4v) is 4.48. The first-order chi connectivity index (χ1) is 16.1. The molecular formula is C25H25N3O5. The Kier molecular flexibility index (Phi) is 5.93. The van der Waals surface area contributed by atoms with E-state index in [0.717, 1.165) is 25.0 Å². The van der Waals surface area contributed by atoms with Crippen LogP contribution in [-0.2, 0) is 9.53 Å². The number of aliphatic hydroxyl groups excluding tert-OH is 1. The highest BCUT2D eigenvalue weighted by Gasteiger charge is 2.45. The standard InChI is InChI=1S/C25H25N3O5/c29-23(20-16-17-6-1-2-8-19(17)33-20)21-22(18-7-3-4-9-26-18)28(25(31)24(21)30)11-5-10-27-12-14-32-15-13-27/h1-4,6-9,16,22,30H,5,10-15H2/t22-/m1/s1. The summed E-state index contributed by atoms with van der Waals surface area (Å²) in [6.45, 7) is 4.32. The predicted octanol–water partition coefficient (Wildman–Crippen LogP) is 3.13. The van der Waals surface area contributed by atoms with Crippen LogP contribution in [0.25, 0.3) is 11.0 Å². The molecule has 0 saturated carbocycles. The van der Waals surface area contributed by atoms with Crippen LogP contribution < -0.4 is 0 Å². The van der Waals surface area contributed by atoms with Gasteiger partial charge in [-0.05, 0) is 30.7 Å². The van der Waals surface area contributed by atoms with Crippen molar-refractivity contribution in [1.29, 1.82) is 0 Å². The minimum absolute atomic E-state index is 0.00382. The molecule has 0 bridgehead atoms. The lowest BCUT2D eigenvalue weighted by Gasteiger charge is -2.29. The Morgan fingerprint density at radius 2 is 1.88 bits per heavy atom. The molecule has 8 nitrogen and oxygen atoms in total. The number of fused-ring (bicyclic) bond motifs is 1. The van der Waals surface area contributed by atoms with Crippen molar-refractivity contribution in [3.63, 3.8) is 0 Å². The zero-order valence-corrected chi connectivity index (χ0v) is 18.1. The van der Waals surface area contributed by atoms with Crippen LogP contribution >= 0.6 is 0 Å². The molecule has 2 aliphatic heterocycles. The number of aliphatic hydroxyl groups is 1. The average Bonchev–Trinajstić information content (AvgIpc) is 3.40. The van der Waals surface area contributed by atoms with Gasteiger partial charge in [0.25, 0.3) is 5.91 Å². The summed E-state index contributed by atoms with van der Waals surface area (Å²) < 4.78 is 11.1. The number of aromatic nitrogens is 1. The number of morpholine rings is 1. The lowest BCUT2D eigenvalue weighted by atomic mass is 9.98. The van der Waals surface area contributed by atoms with Crippen LogP contribution in [0, 0.1) is 0 Å². The highest BCUT2D eigenvalue weighted by Crippen LogP contribution is 2.38. The number of Topliss-reactive ketones (excluding diaryl/α,β-unsaturated/α-hetero) is 1. The Morgan fingerprint density at radius 1 is 1.09 bits per heavy atom. The molecule has 8 heteroatoms. The summed E-state index contributed by atoms with van der Waals surface area (Å²) in [5, 5.41) is 11.6. The van der Waals surface area contributed by atoms with Crippen molar-refractivity contribution >= 4 is 22.7 Å². The Morgan fingerprint density at radius 3 is 2.64 bits per heavy atom. The third-order valence-electron chi connectivity index (χ3n) is 6.14. The molecule has 170 valence electrons. The van der Waals surface area contributed by atoms with E-state index in [1.807, 2.05) is 18.2 Å². The molecule has 2 aromatic heterocycles. The van der Waals surface area contributed by atoms with Crippen LogP contribution in [0.15, 0.2) is 70.5 Å². The van der Waals surface area contributed by atoms with Crippen molar-refractivity contribution in [2.75, 3.05) is 39.4 Å². The molecule has 1 N–H and O–H groups in total. The number of benzene rings is 1. The SMILES string of the molecule is O=C(C1=C(O)C(=O)N(CCCN2CCOCC2)[C@@H]1c1ccccn1)c1cc2ccccc2o1. The Balaban J connectivity index is 1.43. The lowest BCUT2D eigenvalue weighted by molar-refractivity contribution is -0.129. The van der Waals surface area contributed by atoms with Crippen LogP contribution in [-0.4, -0.2) is 71.0 Å². The normalized spacial score (nSPS) is 19.6. The Bertz CT molecular complexity index is 1160. The number of carbonyl (C=O) groups is 2. The molecule has 0 radical (unpaired) electrons. The molecule has 5 rings (SSSR count). The van der Waals surface area contributed by atoms with Crippen LogP contribution in [0.1, 0.15) is 28.7 Å². The molecule has 1 fully saturated rings. The van der Waals surface area contributed by atoms with Crippen molar-refractivity contribution in [1.82, 2.24) is 14.8 Å². The summed E-state index contributed by atoms with van der Waals surface area (Å²) in [7, 11) is 0. The monoisotopic (exact) mass is 447 g/mol. The number of carbonyl (C=O) groups excluding carboxylic acids is 2. The van der Waals surface area contributed by atoms with Crippen LogP contribution in [0.5, 0.6) is 0 Å². The van der Waals surface area contributed by atoms with Gasteiger partial charge in [0.2, 0.25) is 5.78 Å². The lowest BCUT2D eigenvalue weighted by Crippen LogP contribution is -2.39. The van der Waals surface area contributed by atoms with E-state index in [4.69, 9.17) is 9.15 Å². The average molecular weight is 447 g/mol. The molecule has 0 spiro atoms. The summed E-state index contributed by atoms with van der Waals surface area (Å²) in [4.78, 5) is 34.8. The van der Waals surface area contributed by atoms with E-state index in [2.05, 4.69) is 9.88 Å². The quantitative estimate of drug-likeness (QED) is 0.556. The number of pyridine rings is 1. The summed E-state index contributed by atoms with van der Waals surface area (Å²) in [5.74, 6) is -1.53. The highest BCUT2D eigenvalue weighted by atomic mass is 16.5. The first-order valence-electron chi connectivity index (χ1n) is 11.1. The van der Waals surface area contributed by atoms with Gasteiger partial charge in [-0.15, -0.1) is 0 Å². The topological polar surface area (TPSA) is 96.1 Å². The summed E-state index contributed by atoms with van der Waals surface area (Å²) in [6, 6.07) is 13.5. The van der Waals surface area contributed by atoms with Gasteiger partial charge in [-0.1, -0.05) is 24.3 Å². The van der Waals surface area contributed by atoms with Gasteiger partial charge in [0.1, 0.15) is 11.6 Å². The van der Waals surface area contributed by atoms with E-state index in [9.17, 15) is 14.7 Å². The van der Waals surface area contributed by atoms with Crippen LogP contribution in [0.3, 0.4) is 0 Å². The smallest absolute Gasteiger partial charge is 0.290 e. The maximum Gasteiger partial charge on any atom is 0.290 e. The number of furan rings is 1. The third kappa shape index (κ3) is 4.15. The molecule has 3 aromatic rings. The van der Waals surface area contributed by atoms with E-state index in [-0.39, 0.29) is 11.3 Å². The van der Waals surface area contributed by atoms with Crippen LogP contribution in [0.2, 0.25) is 0 Å². The van der Waals surface area contributed by atoms with E-state index in [0.29, 0.717) is 37.5 Å². The number of hydrogen-bond acceptors (Lipinski definition) is 7. The van der Waals surface area contributed by atoms with E-state index in [1.165, 1.54) is 4.90 Å². The minimum Gasteiger partial charge on any atom is -0.503 e. The van der Waals surface area contributed by atoms with Crippen molar-refractivity contribution in [2.45, 2.75) is 12.5 Å². The van der Waals surface area contributed by atoms with Crippen molar-refractivity contribution < 1.29 is 23.8 Å². The number of hydrogen-bond donors (Lipinski definition) is 1. The maximum atomic E-state index is 13.5. The van der Waals surface area contributed by atoms with E-state index < -0.39 is 23.5 Å². The number of ketones is 1. The number of amides is 1. The first kappa shape index (κ1) is 21.4. The molecule has 0 unspecified atom stereocenters. The van der Waals surface area contributed by atoms with Gasteiger partial charge in [-0.25, -0.2) is 0 Å². The number of nitrogens with zero attached hydrogens (tertiary/aromatic N) is 3. The highest BCUT2D eigenvalue weighted by molar-refractivity contribution is 6.15. The summed E-state index contributed by atoms with van der Waals surface area (Å²) in [5.41, 5.74) is 1.10. The zero-order valence-electron chi connectivity index (χ0n) is 18.1. The molecular weight excluding hydrogens is 422 g/mol. The first-order valence-corrected chi connectivity index (χ1v) is 11.1. The Hall–Kier alpha value is -3.49. The molecule has 2 aliphatic rings. The van der Waals surface area contributed by atoms with E-state index >= 15 is 0 Å². The predicted molar refractivity (Wildman–Crippen MR) is 121 cm³/mol. The van der Waals surface area contributed by atoms with Gasteiger partial charge in [-0.3, -0.25) is 19.5 Å². The summed E-state index contributed by atoms with van der Waals surface area (Å²) in [6.07, 6.45) is 2.32. The number of para-hydroxylation sites is 1. The number of ether oxygens (including phenoxy) is 1. The second-order valence-corrected chi connectivity index (χ2v) is 8.20. The van der Waals surface area contributed by atoms with Crippen molar-refractivity contribution in [3.05, 3.63) is 77.5 Å². The second kappa shape index (κ2) is 9.17. The van der Waals surface area contributed by atoms with E-state index in [1.54, 1.807) is 36.5 Å². The van der Waals surface area contributed by atoms with Gasteiger partial charge in [0.15, 0.2) is 11.5 Å². The van der Waals surface area contributed by atoms with Crippen molar-refractivity contribution in [2.24, 2.45) is 0 Å². The molecule has 4 heterocycles.